The number of hydrogen-bond acceptors (Lipinski definition) is 8. The van der Waals surface area contributed by atoms with Gasteiger partial charge in [-0.05, 0) is 17.2 Å². The van der Waals surface area contributed by atoms with Gasteiger partial charge >= 0.3 is 0 Å². The molecular weight excluding hydrogens is 494 g/mol. The summed E-state index contributed by atoms with van der Waals surface area (Å²) in [6.45, 7) is 2.28. The lowest BCUT2D eigenvalue weighted by molar-refractivity contribution is 0.00706. The second-order valence-electron chi connectivity index (χ2n) is 9.36. The van der Waals surface area contributed by atoms with E-state index in [0.717, 1.165) is 41.2 Å². The van der Waals surface area contributed by atoms with Gasteiger partial charge in [0.15, 0.2) is 11.8 Å². The molecule has 37 heavy (non-hydrogen) atoms. The van der Waals surface area contributed by atoms with Crippen LogP contribution in [0.1, 0.15) is 5.56 Å². The molecule has 2 saturated heterocycles. The van der Waals surface area contributed by atoms with Gasteiger partial charge in [-0.25, -0.2) is 4.98 Å². The minimum Gasteiger partial charge on any atom is -0.456 e. The van der Waals surface area contributed by atoms with Crippen LogP contribution < -0.4 is 10.1 Å². The first kappa shape index (κ1) is 22.7. The lowest BCUT2D eigenvalue weighted by Crippen LogP contribution is -2.34. The number of aromatic amines is 1. The SMILES string of the molecule is O[C@@H]1COC2[C@H](Oc3nc4nc(-c5ccc(-c6ccc(C7=NCCN7)cc6)cc5)c(Cl)cc4[nH]3)CO[C@@H]21. The Labute approximate surface area is 217 Å². The van der Waals surface area contributed by atoms with Crippen LogP contribution in [0, 0.1) is 0 Å². The molecule has 0 amide bonds. The van der Waals surface area contributed by atoms with Crippen molar-refractivity contribution in [2.45, 2.75) is 24.4 Å². The number of halogens is 1. The molecule has 7 rings (SSSR count). The third kappa shape index (κ3) is 4.14. The molecule has 2 fully saturated rings. The maximum Gasteiger partial charge on any atom is 0.296 e. The van der Waals surface area contributed by atoms with Crippen LogP contribution in [0.3, 0.4) is 0 Å². The molecule has 3 aliphatic rings. The normalized spacial score (nSPS) is 24.8. The Bertz CT molecular complexity index is 1490. The number of aliphatic hydroxyl groups is 1. The van der Waals surface area contributed by atoms with Gasteiger partial charge in [0.05, 0.1) is 36.0 Å². The summed E-state index contributed by atoms with van der Waals surface area (Å²) >= 11 is 6.61. The Morgan fingerprint density at radius 1 is 0.892 bits per heavy atom. The fraction of sp³-hybridized carbons (Fsp3) is 0.296. The molecule has 0 radical (unpaired) electrons. The number of amidine groups is 1. The quantitative estimate of drug-likeness (QED) is 0.372. The number of ether oxygens (including phenoxy) is 3. The number of pyridine rings is 1. The number of imidazole rings is 1. The maximum absolute atomic E-state index is 9.94. The molecule has 4 aromatic rings. The molecule has 5 heterocycles. The summed E-state index contributed by atoms with van der Waals surface area (Å²) in [5.74, 6) is 0.955. The maximum atomic E-state index is 9.94. The number of aliphatic imine (C=N–C) groups is 1. The number of nitrogens with zero attached hydrogens (tertiary/aromatic N) is 3. The fourth-order valence-corrected chi connectivity index (χ4v) is 5.34. The fourth-order valence-electron chi connectivity index (χ4n) is 5.07. The molecule has 0 saturated carbocycles. The first-order valence-corrected chi connectivity index (χ1v) is 12.6. The molecular formula is C27H24ClN5O4. The third-order valence-electron chi connectivity index (χ3n) is 6.97. The van der Waals surface area contributed by atoms with Gasteiger partial charge in [-0.1, -0.05) is 60.1 Å². The summed E-state index contributed by atoms with van der Waals surface area (Å²) in [7, 11) is 0. The average molecular weight is 518 g/mol. The van der Waals surface area contributed by atoms with Gasteiger partial charge in [0, 0.05) is 17.7 Å². The zero-order chi connectivity index (χ0) is 24.9. The lowest BCUT2D eigenvalue weighted by Gasteiger charge is -2.15. The molecule has 10 heteroatoms. The van der Waals surface area contributed by atoms with Crippen LogP contribution >= 0.6 is 11.6 Å². The Hall–Kier alpha value is -3.50. The Morgan fingerprint density at radius 3 is 2.32 bits per heavy atom. The molecule has 1 unspecified atom stereocenters. The zero-order valence-corrected chi connectivity index (χ0v) is 20.5. The largest absolute Gasteiger partial charge is 0.456 e. The second kappa shape index (κ2) is 9.11. The predicted molar refractivity (Wildman–Crippen MR) is 139 cm³/mol. The second-order valence-corrected chi connectivity index (χ2v) is 9.77. The summed E-state index contributed by atoms with van der Waals surface area (Å²) in [4.78, 5) is 16.8. The highest BCUT2D eigenvalue weighted by Crippen LogP contribution is 2.33. The summed E-state index contributed by atoms with van der Waals surface area (Å²) in [6, 6.07) is 18.6. The van der Waals surface area contributed by atoms with Gasteiger partial charge in [-0.3, -0.25) is 4.99 Å². The van der Waals surface area contributed by atoms with Crippen LogP contribution in [0.4, 0.5) is 0 Å². The van der Waals surface area contributed by atoms with E-state index in [9.17, 15) is 5.11 Å². The van der Waals surface area contributed by atoms with Gasteiger partial charge in [0.25, 0.3) is 6.01 Å². The van der Waals surface area contributed by atoms with Crippen molar-refractivity contribution in [1.82, 2.24) is 20.3 Å². The highest BCUT2D eigenvalue weighted by Gasteiger charge is 2.48. The number of hydrogen-bond donors (Lipinski definition) is 3. The van der Waals surface area contributed by atoms with Gasteiger partial charge < -0.3 is 29.6 Å². The van der Waals surface area contributed by atoms with E-state index in [1.807, 2.05) is 12.1 Å². The number of aromatic nitrogens is 3. The minimum absolute atomic E-state index is 0.243. The van der Waals surface area contributed by atoms with E-state index >= 15 is 0 Å². The standard InChI is InChI=1S/C27H24ClN5O4/c28-18-11-19-26(33-27(31-19)37-21-13-36-23-20(34)12-35-24(21)23)32-22(18)16-5-1-14(2-6-16)15-3-7-17(8-4-15)25-29-9-10-30-25/h1-8,11,20-21,23-24,34H,9-10,12-13H2,(H,29,30)(H,31,32,33)/t20-,21-,23-,24?/m1/s1. The number of benzene rings is 2. The Kier molecular flexibility index (Phi) is 5.58. The molecule has 3 aliphatic heterocycles. The van der Waals surface area contributed by atoms with E-state index in [0.29, 0.717) is 34.5 Å². The van der Waals surface area contributed by atoms with Crippen molar-refractivity contribution >= 4 is 28.6 Å². The van der Waals surface area contributed by atoms with E-state index in [2.05, 4.69) is 56.7 Å². The highest BCUT2D eigenvalue weighted by molar-refractivity contribution is 6.33. The third-order valence-corrected chi connectivity index (χ3v) is 7.26. The van der Waals surface area contributed by atoms with Gasteiger partial charge in [-0.15, -0.1) is 0 Å². The van der Waals surface area contributed by atoms with Crippen molar-refractivity contribution in [2.75, 3.05) is 26.3 Å². The predicted octanol–water partition coefficient (Wildman–Crippen LogP) is 3.20. The molecule has 2 aromatic heterocycles. The van der Waals surface area contributed by atoms with Crippen LogP contribution in [0.2, 0.25) is 5.02 Å². The van der Waals surface area contributed by atoms with Crippen molar-refractivity contribution in [1.29, 1.82) is 0 Å². The molecule has 0 spiro atoms. The van der Waals surface area contributed by atoms with E-state index in [1.54, 1.807) is 6.07 Å². The molecule has 2 aromatic carbocycles. The lowest BCUT2D eigenvalue weighted by atomic mass is 10.0. The summed E-state index contributed by atoms with van der Waals surface area (Å²) in [6.07, 6.45) is -1.68. The van der Waals surface area contributed by atoms with Gasteiger partial charge in [0.2, 0.25) is 0 Å². The smallest absolute Gasteiger partial charge is 0.296 e. The molecule has 9 nitrogen and oxygen atoms in total. The van der Waals surface area contributed by atoms with Crippen LogP contribution in [-0.2, 0) is 9.47 Å². The first-order valence-electron chi connectivity index (χ1n) is 12.3. The zero-order valence-electron chi connectivity index (χ0n) is 19.7. The van der Waals surface area contributed by atoms with E-state index in [4.69, 9.17) is 30.8 Å². The first-order chi connectivity index (χ1) is 18.1. The summed E-state index contributed by atoms with van der Waals surface area (Å²) < 4.78 is 17.2. The number of rotatable bonds is 5. The van der Waals surface area contributed by atoms with Crippen molar-refractivity contribution in [3.8, 4) is 28.4 Å². The van der Waals surface area contributed by atoms with Crippen LogP contribution in [0.15, 0.2) is 59.6 Å². The summed E-state index contributed by atoms with van der Waals surface area (Å²) in [5, 5.41) is 13.8. The van der Waals surface area contributed by atoms with E-state index < -0.39 is 6.10 Å². The van der Waals surface area contributed by atoms with Crippen LogP contribution in [-0.4, -0.2) is 76.6 Å². The number of fused-ring (bicyclic) bond motifs is 2. The van der Waals surface area contributed by atoms with Gasteiger partial charge in [-0.2, -0.15) is 4.98 Å². The van der Waals surface area contributed by atoms with Crippen molar-refractivity contribution in [3.05, 3.63) is 65.2 Å². The van der Waals surface area contributed by atoms with Crippen molar-refractivity contribution in [2.24, 2.45) is 4.99 Å². The number of nitrogens with one attached hydrogen (secondary N) is 2. The summed E-state index contributed by atoms with van der Waals surface area (Å²) in [5.41, 5.74) is 6.02. The monoisotopic (exact) mass is 517 g/mol. The van der Waals surface area contributed by atoms with E-state index in [-0.39, 0.29) is 24.9 Å². The molecule has 188 valence electrons. The minimum atomic E-state index is -0.632. The number of H-pyrrole nitrogens is 1. The van der Waals surface area contributed by atoms with Crippen LogP contribution in [0.5, 0.6) is 6.01 Å². The number of aliphatic hydroxyl groups excluding tert-OH is 1. The highest BCUT2D eigenvalue weighted by atomic mass is 35.5. The van der Waals surface area contributed by atoms with Crippen LogP contribution in [0.25, 0.3) is 33.5 Å². The average Bonchev–Trinajstić information content (AvgIpc) is 3.71. The van der Waals surface area contributed by atoms with Crippen molar-refractivity contribution < 1.29 is 19.3 Å². The Morgan fingerprint density at radius 2 is 1.59 bits per heavy atom. The van der Waals surface area contributed by atoms with E-state index in [1.165, 1.54) is 0 Å². The topological polar surface area (TPSA) is 114 Å². The van der Waals surface area contributed by atoms with Gasteiger partial charge in [0.1, 0.15) is 24.1 Å². The molecule has 0 bridgehead atoms. The molecule has 4 atom stereocenters. The Balaban J connectivity index is 1.11. The molecule has 0 aliphatic carbocycles. The van der Waals surface area contributed by atoms with Crippen molar-refractivity contribution in [3.63, 3.8) is 0 Å². The molecule has 3 N–H and O–H groups in total.